The lowest BCUT2D eigenvalue weighted by Gasteiger charge is -2.25. The summed E-state index contributed by atoms with van der Waals surface area (Å²) in [4.78, 5) is 0. The van der Waals surface area contributed by atoms with E-state index in [4.69, 9.17) is 4.74 Å². The summed E-state index contributed by atoms with van der Waals surface area (Å²) in [5, 5.41) is 9.92. The molecule has 1 heterocycles. The highest BCUT2D eigenvalue weighted by molar-refractivity contribution is 6.20. The molecular weight excluding hydrogens is 569 g/mol. The lowest BCUT2D eigenvalue weighted by Crippen LogP contribution is -1.99. The Labute approximate surface area is 272 Å². The van der Waals surface area contributed by atoms with Crippen LogP contribution in [0.1, 0.15) is 0 Å². The van der Waals surface area contributed by atoms with E-state index in [2.05, 4.69) is 170 Å². The van der Waals surface area contributed by atoms with Crippen LogP contribution in [0.25, 0.3) is 87.6 Å². The molecule has 218 valence electrons. The second-order valence-corrected chi connectivity index (χ2v) is 12.5. The molecule has 0 N–H and O–H groups in total. The van der Waals surface area contributed by atoms with Gasteiger partial charge in [0.05, 0.1) is 0 Å². The molecular formula is C46H28O. The first-order valence-electron chi connectivity index (χ1n) is 16.2. The molecule has 10 rings (SSSR count). The predicted molar refractivity (Wildman–Crippen MR) is 198 cm³/mol. The molecule has 1 heteroatoms. The summed E-state index contributed by atoms with van der Waals surface area (Å²) in [6.07, 6.45) is 0. The fraction of sp³-hybridized carbons (Fsp3) is 0. The maximum Gasteiger partial charge on any atom is 0.136 e. The van der Waals surface area contributed by atoms with Gasteiger partial charge in [-0.1, -0.05) is 140 Å². The highest BCUT2D eigenvalue weighted by atomic mass is 16.5. The summed E-state index contributed by atoms with van der Waals surface area (Å²) in [6.45, 7) is 0. The summed E-state index contributed by atoms with van der Waals surface area (Å²) in [5.74, 6) is 1.78. The van der Waals surface area contributed by atoms with Crippen molar-refractivity contribution in [2.45, 2.75) is 0 Å². The van der Waals surface area contributed by atoms with Crippen molar-refractivity contribution >= 4 is 43.1 Å². The van der Waals surface area contributed by atoms with Crippen molar-refractivity contribution in [2.75, 3.05) is 0 Å². The molecule has 0 amide bonds. The van der Waals surface area contributed by atoms with Crippen molar-refractivity contribution in [3.05, 3.63) is 170 Å². The van der Waals surface area contributed by atoms with Crippen LogP contribution in [-0.2, 0) is 0 Å². The van der Waals surface area contributed by atoms with Gasteiger partial charge < -0.3 is 4.74 Å². The van der Waals surface area contributed by atoms with Gasteiger partial charge in [-0.25, -0.2) is 0 Å². The molecule has 9 aromatic rings. The van der Waals surface area contributed by atoms with Crippen LogP contribution in [0.3, 0.4) is 0 Å². The van der Waals surface area contributed by atoms with Gasteiger partial charge in [-0.3, -0.25) is 0 Å². The van der Waals surface area contributed by atoms with Crippen LogP contribution in [0.15, 0.2) is 170 Å². The average molecular weight is 597 g/mol. The van der Waals surface area contributed by atoms with E-state index in [1.54, 1.807) is 0 Å². The second-order valence-electron chi connectivity index (χ2n) is 12.5. The van der Waals surface area contributed by atoms with Gasteiger partial charge in [-0.15, -0.1) is 0 Å². The van der Waals surface area contributed by atoms with Crippen molar-refractivity contribution in [2.24, 2.45) is 0 Å². The van der Waals surface area contributed by atoms with Crippen LogP contribution >= 0.6 is 0 Å². The fourth-order valence-electron chi connectivity index (χ4n) is 7.65. The standard InChI is InChI=1S/C46H28O/c1-3-11-29(12-4-1)34-27-42-36(30-13-5-2-6-14-30)22-23-39-41-26-33(20-24-43(41)47-44(28-34)46(39)42)45-37-18-10-8-16-32(37)25-40-35-17-9-7-15-31(35)19-21-38(40)45/h1-28H. The van der Waals surface area contributed by atoms with Crippen LogP contribution in [0.5, 0.6) is 11.5 Å². The van der Waals surface area contributed by atoms with E-state index in [0.717, 1.165) is 28.0 Å². The van der Waals surface area contributed by atoms with Crippen molar-refractivity contribution in [1.29, 1.82) is 0 Å². The highest BCUT2D eigenvalue weighted by Crippen LogP contribution is 2.52. The minimum atomic E-state index is 0.884. The minimum absolute atomic E-state index is 0.884. The number of benzene rings is 9. The Morgan fingerprint density at radius 1 is 0.298 bits per heavy atom. The average Bonchev–Trinajstić information content (AvgIpc) is 3.14. The molecule has 1 nitrogen and oxygen atoms in total. The molecule has 0 atom stereocenters. The van der Waals surface area contributed by atoms with Gasteiger partial charge in [-0.05, 0) is 107 Å². The Kier molecular flexibility index (Phi) is 5.64. The summed E-state index contributed by atoms with van der Waals surface area (Å²) in [5.41, 5.74) is 9.50. The molecule has 0 saturated carbocycles. The van der Waals surface area contributed by atoms with E-state index >= 15 is 0 Å². The fourth-order valence-corrected chi connectivity index (χ4v) is 7.65. The number of hydrogen-bond acceptors (Lipinski definition) is 1. The van der Waals surface area contributed by atoms with Crippen LogP contribution in [0.2, 0.25) is 0 Å². The third-order valence-electron chi connectivity index (χ3n) is 9.82. The number of fused-ring (bicyclic) bond motifs is 6. The summed E-state index contributed by atoms with van der Waals surface area (Å²) < 4.78 is 6.83. The summed E-state index contributed by atoms with van der Waals surface area (Å²) >= 11 is 0. The maximum atomic E-state index is 6.83. The van der Waals surface area contributed by atoms with Crippen molar-refractivity contribution < 1.29 is 4.74 Å². The molecule has 9 aromatic carbocycles. The Balaban J connectivity index is 1.25. The third-order valence-corrected chi connectivity index (χ3v) is 9.82. The molecule has 0 aliphatic carbocycles. The minimum Gasteiger partial charge on any atom is -0.456 e. The predicted octanol–water partition coefficient (Wildman–Crippen LogP) is 13.1. The largest absolute Gasteiger partial charge is 0.456 e. The van der Waals surface area contributed by atoms with Crippen LogP contribution in [-0.4, -0.2) is 0 Å². The molecule has 0 fully saturated rings. The molecule has 0 radical (unpaired) electrons. The van der Waals surface area contributed by atoms with Crippen LogP contribution < -0.4 is 4.74 Å². The van der Waals surface area contributed by atoms with Gasteiger partial charge in [0.1, 0.15) is 11.5 Å². The van der Waals surface area contributed by atoms with E-state index in [0.29, 0.717) is 0 Å². The molecule has 0 unspecified atom stereocenters. The van der Waals surface area contributed by atoms with E-state index in [-0.39, 0.29) is 0 Å². The lowest BCUT2D eigenvalue weighted by molar-refractivity contribution is 0.487. The van der Waals surface area contributed by atoms with E-state index < -0.39 is 0 Å². The first-order valence-corrected chi connectivity index (χ1v) is 16.2. The van der Waals surface area contributed by atoms with Crippen molar-refractivity contribution in [1.82, 2.24) is 0 Å². The molecule has 1 aliphatic rings. The Morgan fingerprint density at radius 2 is 1.00 bits per heavy atom. The second kappa shape index (κ2) is 10.2. The first kappa shape index (κ1) is 26.1. The zero-order valence-corrected chi connectivity index (χ0v) is 25.6. The molecule has 0 spiro atoms. The Hall–Kier alpha value is -6.18. The molecule has 47 heavy (non-hydrogen) atoms. The molecule has 0 bridgehead atoms. The van der Waals surface area contributed by atoms with Crippen molar-refractivity contribution in [3.8, 4) is 56.0 Å². The van der Waals surface area contributed by atoms with Crippen LogP contribution in [0, 0.1) is 0 Å². The smallest absolute Gasteiger partial charge is 0.136 e. The van der Waals surface area contributed by atoms with Gasteiger partial charge in [0.25, 0.3) is 0 Å². The third kappa shape index (κ3) is 4.03. The maximum absolute atomic E-state index is 6.83. The van der Waals surface area contributed by atoms with Crippen molar-refractivity contribution in [3.63, 3.8) is 0 Å². The SMILES string of the molecule is c1ccc(-c2cc3c4c(ccc(-c5ccccc5)c4c2)-c2cc(-c4c5ccccc5cc5c4ccc4ccccc45)ccc2O3)cc1. The van der Waals surface area contributed by atoms with E-state index in [1.807, 2.05) is 0 Å². The number of ether oxygens (including phenoxy) is 1. The lowest BCUT2D eigenvalue weighted by atomic mass is 9.85. The van der Waals surface area contributed by atoms with Gasteiger partial charge in [0.2, 0.25) is 0 Å². The summed E-state index contributed by atoms with van der Waals surface area (Å²) in [7, 11) is 0. The molecule has 0 saturated heterocycles. The van der Waals surface area contributed by atoms with E-state index in [1.165, 1.54) is 71.1 Å². The van der Waals surface area contributed by atoms with Gasteiger partial charge >= 0.3 is 0 Å². The normalized spacial score (nSPS) is 12.0. The number of rotatable bonds is 3. The quantitative estimate of drug-likeness (QED) is 0.146. The molecule has 0 aromatic heterocycles. The zero-order valence-electron chi connectivity index (χ0n) is 25.6. The Morgan fingerprint density at radius 3 is 1.83 bits per heavy atom. The highest BCUT2D eigenvalue weighted by Gasteiger charge is 2.24. The monoisotopic (exact) mass is 596 g/mol. The molecule has 1 aliphatic heterocycles. The zero-order chi connectivity index (χ0) is 30.9. The Bertz CT molecular complexity index is 2690. The summed E-state index contributed by atoms with van der Waals surface area (Å²) in [6, 6.07) is 61.5. The van der Waals surface area contributed by atoms with Gasteiger partial charge in [0, 0.05) is 10.9 Å². The topological polar surface area (TPSA) is 9.23 Å². The first-order chi connectivity index (χ1) is 23.3. The van der Waals surface area contributed by atoms with Crippen LogP contribution in [0.4, 0.5) is 0 Å². The van der Waals surface area contributed by atoms with Gasteiger partial charge in [0.15, 0.2) is 0 Å². The van der Waals surface area contributed by atoms with Gasteiger partial charge in [-0.2, -0.15) is 0 Å². The van der Waals surface area contributed by atoms with E-state index in [9.17, 15) is 0 Å². The number of hydrogen-bond donors (Lipinski definition) is 0.